The quantitative estimate of drug-likeness (QED) is 0.795. The zero-order chi connectivity index (χ0) is 13.2. The summed E-state index contributed by atoms with van der Waals surface area (Å²) in [6.45, 7) is 9.75. The van der Waals surface area contributed by atoms with Gasteiger partial charge in [-0.3, -0.25) is 4.79 Å². The van der Waals surface area contributed by atoms with Crippen molar-refractivity contribution in [1.29, 1.82) is 0 Å². The largest absolute Gasteiger partial charge is 0.381 e. The highest BCUT2D eigenvalue weighted by atomic mass is 16.5. The van der Waals surface area contributed by atoms with Gasteiger partial charge < -0.3 is 15.4 Å². The van der Waals surface area contributed by atoms with Gasteiger partial charge >= 0.3 is 0 Å². The summed E-state index contributed by atoms with van der Waals surface area (Å²) in [5.41, 5.74) is -0.210. The Hall–Kier alpha value is -0.610. The van der Waals surface area contributed by atoms with Crippen molar-refractivity contribution in [3.05, 3.63) is 0 Å². The van der Waals surface area contributed by atoms with Crippen LogP contribution in [0.3, 0.4) is 0 Å². The van der Waals surface area contributed by atoms with Crippen molar-refractivity contribution in [3.8, 4) is 0 Å². The van der Waals surface area contributed by atoms with Gasteiger partial charge in [-0.2, -0.15) is 0 Å². The van der Waals surface area contributed by atoms with Crippen LogP contribution in [0.1, 0.15) is 33.6 Å². The minimum Gasteiger partial charge on any atom is -0.381 e. The molecule has 0 radical (unpaired) electrons. The summed E-state index contributed by atoms with van der Waals surface area (Å²) >= 11 is 0. The Morgan fingerprint density at radius 2 is 2.28 bits per heavy atom. The van der Waals surface area contributed by atoms with E-state index in [4.69, 9.17) is 4.74 Å². The molecule has 2 saturated heterocycles. The van der Waals surface area contributed by atoms with Gasteiger partial charge in [0.1, 0.15) is 0 Å². The molecule has 0 spiro atoms. The van der Waals surface area contributed by atoms with E-state index in [1.807, 2.05) is 0 Å². The van der Waals surface area contributed by atoms with E-state index in [1.165, 1.54) is 0 Å². The lowest BCUT2D eigenvalue weighted by Gasteiger charge is -2.36. The fraction of sp³-hybridized carbons (Fsp3) is 0.929. The van der Waals surface area contributed by atoms with Crippen molar-refractivity contribution in [2.45, 2.75) is 39.7 Å². The first-order valence-electron chi connectivity index (χ1n) is 7.15. The van der Waals surface area contributed by atoms with Crippen molar-refractivity contribution >= 4 is 5.91 Å². The van der Waals surface area contributed by atoms with Crippen LogP contribution >= 0.6 is 0 Å². The fourth-order valence-electron chi connectivity index (χ4n) is 3.07. The zero-order valence-electron chi connectivity index (χ0n) is 11.8. The lowest BCUT2D eigenvalue weighted by Crippen LogP contribution is -2.52. The molecule has 0 aromatic rings. The monoisotopic (exact) mass is 254 g/mol. The van der Waals surface area contributed by atoms with Gasteiger partial charge in [0.25, 0.3) is 0 Å². The van der Waals surface area contributed by atoms with Crippen LogP contribution in [0, 0.1) is 17.3 Å². The minimum absolute atomic E-state index is 0.210. The van der Waals surface area contributed by atoms with Gasteiger partial charge in [-0.15, -0.1) is 0 Å². The maximum atomic E-state index is 12.6. The van der Waals surface area contributed by atoms with Crippen molar-refractivity contribution in [2.24, 2.45) is 17.3 Å². The Labute approximate surface area is 110 Å². The lowest BCUT2D eigenvalue weighted by atomic mass is 9.75. The normalized spacial score (nSPS) is 36.9. The van der Waals surface area contributed by atoms with Gasteiger partial charge in [-0.05, 0) is 31.2 Å². The van der Waals surface area contributed by atoms with Crippen LogP contribution in [0.5, 0.6) is 0 Å². The number of rotatable bonds is 3. The average molecular weight is 254 g/mol. The molecule has 0 aromatic heterocycles. The van der Waals surface area contributed by atoms with E-state index in [0.29, 0.717) is 11.8 Å². The van der Waals surface area contributed by atoms with E-state index < -0.39 is 0 Å². The fourth-order valence-corrected chi connectivity index (χ4v) is 3.07. The van der Waals surface area contributed by atoms with Crippen LogP contribution in [0.15, 0.2) is 0 Å². The first-order chi connectivity index (χ1) is 8.56. The Morgan fingerprint density at radius 1 is 1.50 bits per heavy atom. The van der Waals surface area contributed by atoms with E-state index in [0.717, 1.165) is 39.1 Å². The van der Waals surface area contributed by atoms with Gasteiger partial charge in [0, 0.05) is 19.2 Å². The molecule has 2 heterocycles. The molecule has 2 rings (SSSR count). The van der Waals surface area contributed by atoms with Crippen LogP contribution in [0.4, 0.5) is 0 Å². The molecule has 2 aliphatic heterocycles. The third kappa shape index (κ3) is 2.54. The second-order valence-electron chi connectivity index (χ2n) is 6.16. The first-order valence-corrected chi connectivity index (χ1v) is 7.15. The van der Waals surface area contributed by atoms with Crippen LogP contribution in [0.25, 0.3) is 0 Å². The van der Waals surface area contributed by atoms with Crippen molar-refractivity contribution in [3.63, 3.8) is 0 Å². The van der Waals surface area contributed by atoms with Gasteiger partial charge in [0.05, 0.1) is 12.0 Å². The lowest BCUT2D eigenvalue weighted by molar-refractivity contribution is -0.134. The summed E-state index contributed by atoms with van der Waals surface area (Å²) in [6.07, 6.45) is 1.89. The third-order valence-corrected chi connectivity index (χ3v) is 4.70. The Bertz CT molecular complexity index is 298. The number of carbonyl (C=O) groups is 1. The molecule has 2 fully saturated rings. The van der Waals surface area contributed by atoms with E-state index in [-0.39, 0.29) is 17.4 Å². The highest BCUT2D eigenvalue weighted by molar-refractivity contribution is 5.84. The number of hydrogen-bond donors (Lipinski definition) is 2. The molecule has 4 heteroatoms. The summed E-state index contributed by atoms with van der Waals surface area (Å²) < 4.78 is 5.43. The van der Waals surface area contributed by atoms with Gasteiger partial charge in [0.15, 0.2) is 0 Å². The summed E-state index contributed by atoms with van der Waals surface area (Å²) in [5, 5.41) is 6.61. The summed E-state index contributed by atoms with van der Waals surface area (Å²) in [7, 11) is 0. The third-order valence-electron chi connectivity index (χ3n) is 4.70. The van der Waals surface area contributed by atoms with Crippen molar-refractivity contribution < 1.29 is 9.53 Å². The molecule has 3 unspecified atom stereocenters. The topological polar surface area (TPSA) is 50.4 Å². The molecule has 0 bridgehead atoms. The maximum Gasteiger partial charge on any atom is 0.228 e. The van der Waals surface area contributed by atoms with Gasteiger partial charge in [-0.25, -0.2) is 0 Å². The SMILES string of the molecule is CC1COCCC1NC(=O)C1(C(C)C)CCNC1. The number of carbonyl (C=O) groups excluding carboxylic acids is 1. The standard InChI is InChI=1S/C14H26N2O2/c1-10(2)14(5-6-15-9-14)13(17)16-12-4-7-18-8-11(12)3/h10-12,15H,4-9H2,1-3H3,(H,16,17). The van der Waals surface area contributed by atoms with E-state index in [2.05, 4.69) is 31.4 Å². The molecule has 0 aromatic carbocycles. The van der Waals surface area contributed by atoms with E-state index in [1.54, 1.807) is 0 Å². The van der Waals surface area contributed by atoms with Crippen LogP contribution in [-0.2, 0) is 9.53 Å². The Balaban J connectivity index is 2.01. The second-order valence-corrected chi connectivity index (χ2v) is 6.16. The minimum atomic E-state index is -0.210. The predicted octanol–water partition coefficient (Wildman–Crippen LogP) is 1.16. The molecule has 3 atom stereocenters. The zero-order valence-corrected chi connectivity index (χ0v) is 11.8. The van der Waals surface area contributed by atoms with Crippen molar-refractivity contribution in [2.75, 3.05) is 26.3 Å². The Kier molecular flexibility index (Phi) is 4.28. The van der Waals surface area contributed by atoms with Crippen molar-refractivity contribution in [1.82, 2.24) is 10.6 Å². The van der Waals surface area contributed by atoms with Crippen LogP contribution in [-0.4, -0.2) is 38.3 Å². The summed E-state index contributed by atoms with van der Waals surface area (Å²) in [4.78, 5) is 12.6. The molecule has 0 aliphatic carbocycles. The molecular weight excluding hydrogens is 228 g/mol. The van der Waals surface area contributed by atoms with Gasteiger partial charge in [0.2, 0.25) is 5.91 Å². The number of nitrogens with one attached hydrogen (secondary N) is 2. The van der Waals surface area contributed by atoms with Crippen LogP contribution < -0.4 is 10.6 Å². The van der Waals surface area contributed by atoms with E-state index in [9.17, 15) is 4.79 Å². The van der Waals surface area contributed by atoms with Crippen LogP contribution in [0.2, 0.25) is 0 Å². The second kappa shape index (κ2) is 5.57. The predicted molar refractivity (Wildman–Crippen MR) is 71.3 cm³/mol. The number of amides is 1. The molecular formula is C14H26N2O2. The maximum absolute atomic E-state index is 12.6. The number of hydrogen-bond acceptors (Lipinski definition) is 3. The molecule has 18 heavy (non-hydrogen) atoms. The molecule has 0 saturated carbocycles. The Morgan fingerprint density at radius 3 is 2.83 bits per heavy atom. The smallest absolute Gasteiger partial charge is 0.228 e. The molecule has 104 valence electrons. The van der Waals surface area contributed by atoms with Gasteiger partial charge in [-0.1, -0.05) is 20.8 Å². The molecule has 2 N–H and O–H groups in total. The average Bonchev–Trinajstić information content (AvgIpc) is 2.82. The van der Waals surface area contributed by atoms with E-state index >= 15 is 0 Å². The summed E-state index contributed by atoms with van der Waals surface area (Å²) in [5.74, 6) is 1.03. The summed E-state index contributed by atoms with van der Waals surface area (Å²) in [6, 6.07) is 0.280. The number of ether oxygens (including phenoxy) is 1. The first kappa shape index (κ1) is 13.8. The molecule has 1 amide bonds. The highest BCUT2D eigenvalue weighted by Gasteiger charge is 2.44. The highest BCUT2D eigenvalue weighted by Crippen LogP contribution is 2.34. The molecule has 2 aliphatic rings. The molecule has 4 nitrogen and oxygen atoms in total.